The summed E-state index contributed by atoms with van der Waals surface area (Å²) in [7, 11) is 1.98. The van der Waals surface area contributed by atoms with E-state index < -0.39 is 5.97 Å². The SMILES string of the molecule is Cc1cc(Cn2c3c(c4ccccc42)CCN(C(=O)C[C@H]2CC[C@@H](C(=O)O)CC2)C3)n(C)n1. The van der Waals surface area contributed by atoms with Crippen molar-refractivity contribution >= 4 is 22.8 Å². The molecule has 7 nitrogen and oxygen atoms in total. The van der Waals surface area contributed by atoms with E-state index in [0.29, 0.717) is 31.7 Å². The van der Waals surface area contributed by atoms with Crippen molar-refractivity contribution in [1.82, 2.24) is 19.2 Å². The van der Waals surface area contributed by atoms with Crippen LogP contribution in [0.5, 0.6) is 0 Å². The summed E-state index contributed by atoms with van der Waals surface area (Å²) >= 11 is 0. The second-order valence-corrected chi connectivity index (χ2v) is 9.75. The molecule has 0 saturated heterocycles. The van der Waals surface area contributed by atoms with E-state index in [4.69, 9.17) is 0 Å². The van der Waals surface area contributed by atoms with Crippen molar-refractivity contribution in [3.05, 3.63) is 53.0 Å². The molecule has 7 heteroatoms. The molecule has 3 aromatic rings. The fourth-order valence-corrected chi connectivity index (χ4v) is 5.75. The van der Waals surface area contributed by atoms with Gasteiger partial charge in [-0.1, -0.05) is 18.2 Å². The second-order valence-electron chi connectivity index (χ2n) is 9.75. The first kappa shape index (κ1) is 21.7. The van der Waals surface area contributed by atoms with E-state index in [-0.39, 0.29) is 11.8 Å². The molecule has 0 unspecified atom stereocenters. The smallest absolute Gasteiger partial charge is 0.306 e. The highest BCUT2D eigenvalue weighted by Crippen LogP contribution is 2.34. The van der Waals surface area contributed by atoms with Gasteiger partial charge in [0, 0.05) is 36.6 Å². The van der Waals surface area contributed by atoms with Crippen LogP contribution < -0.4 is 0 Å². The minimum Gasteiger partial charge on any atom is -0.481 e. The van der Waals surface area contributed by atoms with E-state index in [1.807, 2.05) is 23.6 Å². The molecule has 1 saturated carbocycles. The van der Waals surface area contributed by atoms with Crippen molar-refractivity contribution in [3.63, 3.8) is 0 Å². The van der Waals surface area contributed by atoms with Gasteiger partial charge < -0.3 is 14.6 Å². The molecular weight excluding hydrogens is 416 g/mol. The number of nitrogens with zero attached hydrogens (tertiary/aromatic N) is 4. The van der Waals surface area contributed by atoms with E-state index in [2.05, 4.69) is 40.0 Å². The van der Waals surface area contributed by atoms with Gasteiger partial charge in [-0.25, -0.2) is 0 Å². The summed E-state index contributed by atoms with van der Waals surface area (Å²) in [6, 6.07) is 10.7. The number of carbonyl (C=O) groups is 2. The number of hydrogen-bond acceptors (Lipinski definition) is 3. The maximum Gasteiger partial charge on any atom is 0.306 e. The molecule has 33 heavy (non-hydrogen) atoms. The maximum absolute atomic E-state index is 13.2. The van der Waals surface area contributed by atoms with Gasteiger partial charge in [0.1, 0.15) is 0 Å². The molecule has 1 amide bonds. The highest BCUT2D eigenvalue weighted by atomic mass is 16.4. The number of benzene rings is 1. The lowest BCUT2D eigenvalue weighted by molar-refractivity contribution is -0.143. The Morgan fingerprint density at radius 2 is 1.91 bits per heavy atom. The first-order valence-corrected chi connectivity index (χ1v) is 12.0. The Morgan fingerprint density at radius 1 is 1.15 bits per heavy atom. The summed E-state index contributed by atoms with van der Waals surface area (Å²) in [6.45, 7) is 4.12. The van der Waals surface area contributed by atoms with E-state index in [0.717, 1.165) is 43.7 Å². The van der Waals surface area contributed by atoms with E-state index in [1.165, 1.54) is 22.2 Å². The van der Waals surface area contributed by atoms with Gasteiger partial charge in [-0.15, -0.1) is 0 Å². The normalized spacial score (nSPS) is 20.7. The number of fused-ring (bicyclic) bond motifs is 3. The molecule has 5 rings (SSSR count). The van der Waals surface area contributed by atoms with Crippen molar-refractivity contribution in [2.24, 2.45) is 18.9 Å². The third-order valence-electron chi connectivity index (χ3n) is 7.60. The van der Waals surface area contributed by atoms with Crippen LogP contribution in [0.4, 0.5) is 0 Å². The third kappa shape index (κ3) is 4.16. The molecular formula is C26H32N4O3. The zero-order valence-corrected chi connectivity index (χ0v) is 19.5. The predicted molar refractivity (Wildman–Crippen MR) is 126 cm³/mol. The average Bonchev–Trinajstić information content (AvgIpc) is 3.30. The highest BCUT2D eigenvalue weighted by Gasteiger charge is 2.31. The van der Waals surface area contributed by atoms with Crippen LogP contribution in [0.1, 0.15) is 54.7 Å². The van der Waals surface area contributed by atoms with Crippen LogP contribution in [-0.4, -0.2) is 42.8 Å². The molecule has 1 N–H and O–H groups in total. The number of carboxylic acids is 1. The van der Waals surface area contributed by atoms with E-state index >= 15 is 0 Å². The summed E-state index contributed by atoms with van der Waals surface area (Å²) in [5.41, 5.74) is 5.95. The summed E-state index contributed by atoms with van der Waals surface area (Å²) in [4.78, 5) is 26.5. The fourth-order valence-electron chi connectivity index (χ4n) is 5.75. The molecule has 3 heterocycles. The summed E-state index contributed by atoms with van der Waals surface area (Å²) in [6.07, 6.45) is 4.45. The van der Waals surface area contributed by atoms with Crippen LogP contribution in [0.15, 0.2) is 30.3 Å². The molecule has 1 aromatic carbocycles. The maximum atomic E-state index is 13.2. The molecule has 2 aliphatic rings. The highest BCUT2D eigenvalue weighted by molar-refractivity contribution is 5.86. The lowest BCUT2D eigenvalue weighted by atomic mass is 9.80. The molecule has 0 radical (unpaired) electrons. The van der Waals surface area contributed by atoms with E-state index in [1.54, 1.807) is 0 Å². The number of rotatable bonds is 5. The Morgan fingerprint density at radius 3 is 2.61 bits per heavy atom. The minimum absolute atomic E-state index is 0.201. The van der Waals surface area contributed by atoms with Crippen LogP contribution in [0.2, 0.25) is 0 Å². The van der Waals surface area contributed by atoms with Gasteiger partial charge >= 0.3 is 5.97 Å². The summed E-state index contributed by atoms with van der Waals surface area (Å²) in [5.74, 6) is -0.426. The molecule has 1 fully saturated rings. The number of para-hydroxylation sites is 1. The third-order valence-corrected chi connectivity index (χ3v) is 7.60. The zero-order valence-electron chi connectivity index (χ0n) is 19.5. The van der Waals surface area contributed by atoms with Gasteiger partial charge in [-0.2, -0.15) is 5.10 Å². The Kier molecular flexibility index (Phi) is 5.72. The molecule has 1 aliphatic heterocycles. The Balaban J connectivity index is 1.36. The van der Waals surface area contributed by atoms with Gasteiger partial charge in [-0.05, 0) is 62.6 Å². The summed E-state index contributed by atoms with van der Waals surface area (Å²) < 4.78 is 4.30. The van der Waals surface area contributed by atoms with Gasteiger partial charge in [0.05, 0.1) is 30.4 Å². The van der Waals surface area contributed by atoms with Crippen molar-refractivity contribution < 1.29 is 14.7 Å². The number of hydrogen-bond donors (Lipinski definition) is 1. The van der Waals surface area contributed by atoms with Crippen LogP contribution >= 0.6 is 0 Å². The number of carbonyl (C=O) groups excluding carboxylic acids is 1. The van der Waals surface area contributed by atoms with Crippen molar-refractivity contribution in [3.8, 4) is 0 Å². The molecule has 0 atom stereocenters. The minimum atomic E-state index is -0.695. The van der Waals surface area contributed by atoms with Crippen molar-refractivity contribution in [2.45, 2.75) is 58.5 Å². The number of aliphatic carboxylic acids is 1. The van der Waals surface area contributed by atoms with Gasteiger partial charge in [0.15, 0.2) is 0 Å². The Hall–Kier alpha value is -3.09. The van der Waals surface area contributed by atoms with Crippen molar-refractivity contribution in [2.75, 3.05) is 6.54 Å². The van der Waals surface area contributed by atoms with Crippen LogP contribution in [0, 0.1) is 18.8 Å². The molecule has 174 valence electrons. The second kappa shape index (κ2) is 8.69. The topological polar surface area (TPSA) is 80.4 Å². The first-order chi connectivity index (χ1) is 15.9. The van der Waals surface area contributed by atoms with Crippen LogP contribution in [-0.2, 0) is 36.1 Å². The number of carboxylic acid groups (broad SMARTS) is 1. The Bertz CT molecular complexity index is 1200. The lowest BCUT2D eigenvalue weighted by Crippen LogP contribution is -2.38. The number of amides is 1. The standard InChI is InChI=1S/C26H32N4O3/c1-17-13-20(28(2)27-17)15-30-23-6-4-3-5-21(23)22-11-12-29(16-24(22)30)25(31)14-18-7-9-19(10-8-18)26(32)33/h3-6,13,18-19H,7-12,14-16H2,1-2H3,(H,32,33)/t18-,19+. The van der Waals surface area contributed by atoms with Gasteiger partial charge in [-0.3, -0.25) is 14.3 Å². The predicted octanol–water partition coefficient (Wildman–Crippen LogP) is 3.90. The molecule has 2 aromatic heterocycles. The molecule has 0 spiro atoms. The zero-order chi connectivity index (χ0) is 23.1. The van der Waals surface area contributed by atoms with E-state index in [9.17, 15) is 14.7 Å². The average molecular weight is 449 g/mol. The summed E-state index contributed by atoms with van der Waals surface area (Å²) in [5, 5.41) is 15.0. The monoisotopic (exact) mass is 448 g/mol. The quantitative estimate of drug-likeness (QED) is 0.642. The van der Waals surface area contributed by atoms with Gasteiger partial charge in [0.25, 0.3) is 0 Å². The largest absolute Gasteiger partial charge is 0.481 e. The molecule has 1 aliphatic carbocycles. The number of aryl methyl sites for hydroxylation is 2. The van der Waals surface area contributed by atoms with Crippen molar-refractivity contribution in [1.29, 1.82) is 0 Å². The fraction of sp³-hybridized carbons (Fsp3) is 0.500. The van der Waals surface area contributed by atoms with Gasteiger partial charge in [0.2, 0.25) is 5.91 Å². The van der Waals surface area contributed by atoms with Crippen LogP contribution in [0.25, 0.3) is 10.9 Å². The molecule has 0 bridgehead atoms. The first-order valence-electron chi connectivity index (χ1n) is 12.0. The number of aromatic nitrogens is 3. The lowest BCUT2D eigenvalue weighted by Gasteiger charge is -2.31. The Labute approximate surface area is 194 Å². The van der Waals surface area contributed by atoms with Crippen LogP contribution in [0.3, 0.4) is 0 Å².